The third-order valence-electron chi connectivity index (χ3n) is 2.29. The Morgan fingerprint density at radius 1 is 1.38 bits per heavy atom. The molecule has 0 aliphatic rings. The Morgan fingerprint density at radius 3 is 2.44 bits per heavy atom. The summed E-state index contributed by atoms with van der Waals surface area (Å²) < 4.78 is 41.3. The van der Waals surface area contributed by atoms with Gasteiger partial charge in [0.25, 0.3) is 0 Å². The molecule has 0 bridgehead atoms. The van der Waals surface area contributed by atoms with Crippen LogP contribution in [0.15, 0.2) is 18.2 Å². The van der Waals surface area contributed by atoms with Crippen LogP contribution in [0.1, 0.15) is 19.4 Å². The zero-order valence-corrected chi connectivity index (χ0v) is 9.01. The van der Waals surface area contributed by atoms with Crippen molar-refractivity contribution >= 4 is 0 Å². The highest BCUT2D eigenvalue weighted by Crippen LogP contribution is 2.28. The van der Waals surface area contributed by atoms with Crippen molar-refractivity contribution in [2.24, 2.45) is 0 Å². The first-order valence-corrected chi connectivity index (χ1v) is 4.72. The maximum Gasteiger partial charge on any atom is 0.387 e. The molecule has 5 heteroatoms. The van der Waals surface area contributed by atoms with Crippen molar-refractivity contribution in [1.29, 1.82) is 0 Å². The van der Waals surface area contributed by atoms with Gasteiger partial charge in [-0.1, -0.05) is 19.9 Å². The second-order valence-electron chi connectivity index (χ2n) is 4.06. The van der Waals surface area contributed by atoms with Gasteiger partial charge >= 0.3 is 6.61 Å². The van der Waals surface area contributed by atoms with E-state index < -0.39 is 17.8 Å². The lowest BCUT2D eigenvalue weighted by Crippen LogP contribution is -2.23. The van der Waals surface area contributed by atoms with Crippen LogP contribution >= 0.6 is 0 Å². The Balaban J connectivity index is 3.00. The number of benzene rings is 1. The number of hydrogen-bond donors (Lipinski definition) is 1. The van der Waals surface area contributed by atoms with Gasteiger partial charge in [-0.15, -0.1) is 0 Å². The predicted molar refractivity (Wildman–Crippen MR) is 53.1 cm³/mol. The fourth-order valence-electron chi connectivity index (χ4n) is 1.31. The normalized spacial score (nSPS) is 11.9. The molecule has 0 aliphatic heterocycles. The molecule has 0 spiro atoms. The van der Waals surface area contributed by atoms with E-state index >= 15 is 0 Å². The lowest BCUT2D eigenvalue weighted by atomic mass is 9.85. The fourth-order valence-corrected chi connectivity index (χ4v) is 1.31. The average molecular weight is 234 g/mol. The maximum absolute atomic E-state index is 13.5. The second-order valence-corrected chi connectivity index (χ2v) is 4.06. The van der Waals surface area contributed by atoms with Gasteiger partial charge in [0.05, 0.1) is 6.61 Å². The van der Waals surface area contributed by atoms with E-state index in [1.54, 1.807) is 13.8 Å². The minimum atomic E-state index is -2.98. The zero-order valence-electron chi connectivity index (χ0n) is 9.01. The SMILES string of the molecule is CC(C)(CO)c1ccc(OC(F)F)cc1F. The lowest BCUT2D eigenvalue weighted by molar-refractivity contribution is -0.0500. The van der Waals surface area contributed by atoms with E-state index in [2.05, 4.69) is 4.74 Å². The first-order chi connectivity index (χ1) is 7.36. The van der Waals surface area contributed by atoms with Crippen molar-refractivity contribution in [1.82, 2.24) is 0 Å². The van der Waals surface area contributed by atoms with Gasteiger partial charge in [0.15, 0.2) is 0 Å². The molecule has 1 aromatic carbocycles. The van der Waals surface area contributed by atoms with E-state index in [0.29, 0.717) is 0 Å². The fraction of sp³-hybridized carbons (Fsp3) is 0.455. The quantitative estimate of drug-likeness (QED) is 0.867. The molecule has 1 aromatic rings. The predicted octanol–water partition coefficient (Wildman–Crippen LogP) is 2.70. The molecular weight excluding hydrogens is 221 g/mol. The number of hydrogen-bond acceptors (Lipinski definition) is 2. The number of aliphatic hydroxyl groups is 1. The van der Waals surface area contributed by atoms with E-state index in [4.69, 9.17) is 5.11 Å². The highest BCUT2D eigenvalue weighted by atomic mass is 19.3. The molecule has 0 unspecified atom stereocenters. The van der Waals surface area contributed by atoms with Crippen LogP contribution in [0.5, 0.6) is 5.75 Å². The van der Waals surface area contributed by atoms with Gasteiger partial charge in [0, 0.05) is 11.5 Å². The molecule has 1 rings (SSSR count). The van der Waals surface area contributed by atoms with Crippen LogP contribution in [0.3, 0.4) is 0 Å². The average Bonchev–Trinajstić information content (AvgIpc) is 2.16. The summed E-state index contributed by atoms with van der Waals surface area (Å²) in [6, 6.07) is 3.48. The standard InChI is InChI=1S/C11H13F3O2/c1-11(2,6-15)8-4-3-7(5-9(8)12)16-10(13)14/h3-5,10,15H,6H2,1-2H3. The van der Waals surface area contributed by atoms with Crippen molar-refractivity contribution in [2.45, 2.75) is 25.9 Å². The summed E-state index contributed by atoms with van der Waals surface area (Å²) in [5.41, 5.74) is -0.496. The first-order valence-electron chi connectivity index (χ1n) is 4.72. The third kappa shape index (κ3) is 2.88. The second kappa shape index (κ2) is 4.74. The molecule has 0 heterocycles. The van der Waals surface area contributed by atoms with Crippen molar-refractivity contribution in [2.75, 3.05) is 6.61 Å². The van der Waals surface area contributed by atoms with Crippen LogP contribution in [-0.2, 0) is 5.41 Å². The molecule has 0 saturated heterocycles. The van der Waals surface area contributed by atoms with Gasteiger partial charge in [-0.05, 0) is 11.6 Å². The monoisotopic (exact) mass is 234 g/mol. The van der Waals surface area contributed by atoms with E-state index in [9.17, 15) is 13.2 Å². The van der Waals surface area contributed by atoms with E-state index in [-0.39, 0.29) is 17.9 Å². The summed E-state index contributed by atoms with van der Waals surface area (Å²) in [7, 11) is 0. The molecule has 0 aromatic heterocycles. The molecule has 0 fully saturated rings. The molecule has 16 heavy (non-hydrogen) atoms. The van der Waals surface area contributed by atoms with Gasteiger partial charge < -0.3 is 9.84 Å². The highest BCUT2D eigenvalue weighted by molar-refractivity contribution is 5.33. The van der Waals surface area contributed by atoms with Crippen molar-refractivity contribution in [3.05, 3.63) is 29.6 Å². The molecule has 0 atom stereocenters. The maximum atomic E-state index is 13.5. The zero-order chi connectivity index (χ0) is 12.3. The van der Waals surface area contributed by atoms with Crippen molar-refractivity contribution in [3.63, 3.8) is 0 Å². The minimum absolute atomic E-state index is 0.231. The highest BCUT2D eigenvalue weighted by Gasteiger charge is 2.23. The van der Waals surface area contributed by atoms with Gasteiger partial charge in [0.1, 0.15) is 11.6 Å². The third-order valence-corrected chi connectivity index (χ3v) is 2.29. The van der Waals surface area contributed by atoms with Crippen LogP contribution in [-0.4, -0.2) is 18.3 Å². The Morgan fingerprint density at radius 2 is 2.00 bits per heavy atom. The minimum Gasteiger partial charge on any atom is -0.435 e. The lowest BCUT2D eigenvalue weighted by Gasteiger charge is -2.23. The smallest absolute Gasteiger partial charge is 0.387 e. The van der Waals surface area contributed by atoms with Gasteiger partial charge in [0.2, 0.25) is 0 Å². The molecule has 1 N–H and O–H groups in total. The van der Waals surface area contributed by atoms with E-state index in [0.717, 1.165) is 6.07 Å². The van der Waals surface area contributed by atoms with E-state index in [1.807, 2.05) is 0 Å². The molecule has 0 aliphatic carbocycles. The Bertz CT molecular complexity index is 364. The molecule has 0 radical (unpaired) electrons. The molecule has 90 valence electrons. The van der Waals surface area contributed by atoms with Crippen LogP contribution in [0.25, 0.3) is 0 Å². The van der Waals surface area contributed by atoms with Crippen LogP contribution in [0.2, 0.25) is 0 Å². The van der Waals surface area contributed by atoms with Crippen molar-refractivity contribution in [3.8, 4) is 5.75 Å². The molecular formula is C11H13F3O2. The summed E-state index contributed by atoms with van der Waals surface area (Å²) >= 11 is 0. The number of alkyl halides is 2. The van der Waals surface area contributed by atoms with Crippen LogP contribution in [0, 0.1) is 5.82 Å². The number of rotatable bonds is 4. The molecule has 2 nitrogen and oxygen atoms in total. The largest absolute Gasteiger partial charge is 0.435 e. The Hall–Kier alpha value is -1.23. The summed E-state index contributed by atoms with van der Waals surface area (Å²) in [5.74, 6) is -0.901. The van der Waals surface area contributed by atoms with E-state index in [1.165, 1.54) is 12.1 Å². The van der Waals surface area contributed by atoms with Crippen LogP contribution < -0.4 is 4.74 Å². The summed E-state index contributed by atoms with van der Waals surface area (Å²) in [4.78, 5) is 0. The number of halogens is 3. The number of aliphatic hydroxyl groups excluding tert-OH is 1. The van der Waals surface area contributed by atoms with Gasteiger partial charge in [-0.2, -0.15) is 8.78 Å². The summed E-state index contributed by atoms with van der Waals surface area (Å²) in [6.45, 7) is 0.0907. The number of ether oxygens (including phenoxy) is 1. The molecule has 0 saturated carbocycles. The van der Waals surface area contributed by atoms with Crippen LogP contribution in [0.4, 0.5) is 13.2 Å². The van der Waals surface area contributed by atoms with Gasteiger partial charge in [-0.3, -0.25) is 0 Å². The summed E-state index contributed by atoms with van der Waals surface area (Å²) in [6.07, 6.45) is 0. The Labute approximate surface area is 91.7 Å². The molecule has 0 amide bonds. The first kappa shape index (κ1) is 12.8. The van der Waals surface area contributed by atoms with Crippen molar-refractivity contribution < 1.29 is 23.0 Å². The Kier molecular flexibility index (Phi) is 3.80. The summed E-state index contributed by atoms with van der Waals surface area (Å²) in [5, 5.41) is 9.07. The topological polar surface area (TPSA) is 29.5 Å². The van der Waals surface area contributed by atoms with Gasteiger partial charge in [-0.25, -0.2) is 4.39 Å².